The fourth-order valence-corrected chi connectivity index (χ4v) is 1.70. The Kier molecular flexibility index (Phi) is 3.12. The van der Waals surface area contributed by atoms with E-state index in [-0.39, 0.29) is 17.9 Å². The van der Waals surface area contributed by atoms with E-state index >= 15 is 0 Å². The molecule has 0 amide bonds. The van der Waals surface area contributed by atoms with Crippen LogP contribution in [0, 0.1) is 0 Å². The third kappa shape index (κ3) is 1.99. The van der Waals surface area contributed by atoms with Crippen LogP contribution in [0.5, 0.6) is 11.5 Å². The lowest BCUT2D eigenvalue weighted by Gasteiger charge is -2.30. The fourth-order valence-electron chi connectivity index (χ4n) is 1.70. The molecule has 1 aromatic carbocycles. The number of aliphatic hydroxyl groups is 1. The number of hydrogen-bond donors (Lipinski definition) is 2. The van der Waals surface area contributed by atoms with E-state index < -0.39 is 18.3 Å². The maximum atomic E-state index is 12.8. The molecule has 1 aromatic rings. The van der Waals surface area contributed by atoms with Crippen molar-refractivity contribution >= 4 is 0 Å². The van der Waals surface area contributed by atoms with Gasteiger partial charge in [0.25, 0.3) is 0 Å². The van der Waals surface area contributed by atoms with Crippen LogP contribution in [0.4, 0.5) is 13.2 Å². The van der Waals surface area contributed by atoms with Gasteiger partial charge in [-0.3, -0.25) is 0 Å². The first-order valence-electron chi connectivity index (χ1n) is 5.28. The van der Waals surface area contributed by atoms with Crippen LogP contribution < -0.4 is 15.2 Å². The maximum absolute atomic E-state index is 12.8. The average molecular weight is 263 g/mol. The van der Waals surface area contributed by atoms with Crippen molar-refractivity contribution in [1.29, 1.82) is 0 Å². The Morgan fingerprint density at radius 1 is 1.17 bits per heavy atom. The van der Waals surface area contributed by atoms with Crippen LogP contribution in [-0.2, 0) is 5.60 Å². The van der Waals surface area contributed by atoms with E-state index in [1.807, 2.05) is 0 Å². The first kappa shape index (κ1) is 13.0. The van der Waals surface area contributed by atoms with Crippen LogP contribution in [0.25, 0.3) is 0 Å². The number of hydrogen-bond acceptors (Lipinski definition) is 4. The Balaban J connectivity index is 2.44. The van der Waals surface area contributed by atoms with Gasteiger partial charge in [-0.25, -0.2) is 0 Å². The number of ether oxygens (including phenoxy) is 2. The van der Waals surface area contributed by atoms with Crippen LogP contribution in [0.3, 0.4) is 0 Å². The summed E-state index contributed by atoms with van der Waals surface area (Å²) < 4.78 is 48.8. The quantitative estimate of drug-likeness (QED) is 0.840. The number of fused-ring (bicyclic) bond motifs is 1. The fraction of sp³-hybridized carbons (Fsp3) is 0.455. The predicted molar refractivity (Wildman–Crippen MR) is 56.4 cm³/mol. The van der Waals surface area contributed by atoms with Crippen LogP contribution in [0.1, 0.15) is 5.56 Å². The topological polar surface area (TPSA) is 64.7 Å². The van der Waals surface area contributed by atoms with E-state index in [9.17, 15) is 18.3 Å². The van der Waals surface area contributed by atoms with Gasteiger partial charge in [-0.05, 0) is 17.7 Å². The van der Waals surface area contributed by atoms with Crippen molar-refractivity contribution in [2.45, 2.75) is 11.8 Å². The number of alkyl halides is 3. The van der Waals surface area contributed by atoms with Crippen molar-refractivity contribution in [3.05, 3.63) is 23.8 Å². The van der Waals surface area contributed by atoms with Crippen molar-refractivity contribution in [2.24, 2.45) is 5.73 Å². The first-order chi connectivity index (χ1) is 8.38. The summed E-state index contributed by atoms with van der Waals surface area (Å²) in [7, 11) is 0. The second kappa shape index (κ2) is 4.33. The van der Waals surface area contributed by atoms with Crippen LogP contribution in [0.15, 0.2) is 18.2 Å². The van der Waals surface area contributed by atoms with Gasteiger partial charge in [0.05, 0.1) is 0 Å². The third-order valence-corrected chi connectivity index (χ3v) is 2.78. The van der Waals surface area contributed by atoms with Crippen molar-refractivity contribution in [3.63, 3.8) is 0 Å². The Morgan fingerprint density at radius 3 is 2.33 bits per heavy atom. The molecule has 0 saturated carbocycles. The zero-order valence-electron chi connectivity index (χ0n) is 9.33. The lowest BCUT2D eigenvalue weighted by molar-refractivity contribution is -0.262. The molecule has 7 heteroatoms. The molecule has 3 N–H and O–H groups in total. The second-order valence-corrected chi connectivity index (χ2v) is 3.92. The van der Waals surface area contributed by atoms with Gasteiger partial charge in [0.15, 0.2) is 17.1 Å². The Hall–Kier alpha value is -1.47. The van der Waals surface area contributed by atoms with Gasteiger partial charge in [0.1, 0.15) is 13.2 Å². The molecule has 0 bridgehead atoms. The zero-order chi connectivity index (χ0) is 13.4. The van der Waals surface area contributed by atoms with Crippen LogP contribution >= 0.6 is 0 Å². The molecule has 0 spiro atoms. The van der Waals surface area contributed by atoms with Crippen molar-refractivity contribution in [1.82, 2.24) is 0 Å². The molecule has 1 aliphatic heterocycles. The highest BCUT2D eigenvalue weighted by Crippen LogP contribution is 2.41. The van der Waals surface area contributed by atoms with Gasteiger partial charge < -0.3 is 20.3 Å². The molecular weight excluding hydrogens is 251 g/mol. The van der Waals surface area contributed by atoms with Gasteiger partial charge in [-0.2, -0.15) is 13.2 Å². The van der Waals surface area contributed by atoms with Gasteiger partial charge in [0.2, 0.25) is 0 Å². The number of nitrogens with two attached hydrogens (primary N) is 1. The smallest absolute Gasteiger partial charge is 0.422 e. The summed E-state index contributed by atoms with van der Waals surface area (Å²) in [4.78, 5) is 0. The van der Waals surface area contributed by atoms with Crippen molar-refractivity contribution < 1.29 is 27.8 Å². The highest BCUT2D eigenvalue weighted by molar-refractivity contribution is 5.45. The van der Waals surface area contributed by atoms with Gasteiger partial charge in [0, 0.05) is 6.54 Å². The highest BCUT2D eigenvalue weighted by atomic mass is 19.4. The summed E-state index contributed by atoms with van der Waals surface area (Å²) in [6, 6.07) is 3.57. The minimum absolute atomic E-state index is 0.176. The minimum atomic E-state index is -4.86. The molecule has 1 unspecified atom stereocenters. The van der Waals surface area contributed by atoms with E-state index in [1.165, 1.54) is 6.07 Å². The Labute approximate surface area is 101 Å². The molecule has 0 aromatic heterocycles. The second-order valence-electron chi connectivity index (χ2n) is 3.92. The van der Waals surface area contributed by atoms with Crippen molar-refractivity contribution in [2.75, 3.05) is 19.8 Å². The van der Waals surface area contributed by atoms with Gasteiger partial charge in [-0.15, -0.1) is 0 Å². The maximum Gasteiger partial charge on any atom is 0.422 e. The summed E-state index contributed by atoms with van der Waals surface area (Å²) in [6.07, 6.45) is -4.86. The minimum Gasteiger partial charge on any atom is -0.486 e. The molecule has 0 radical (unpaired) electrons. The zero-order valence-corrected chi connectivity index (χ0v) is 9.33. The van der Waals surface area contributed by atoms with Gasteiger partial charge in [-0.1, -0.05) is 6.07 Å². The molecule has 18 heavy (non-hydrogen) atoms. The van der Waals surface area contributed by atoms with E-state index in [1.54, 1.807) is 0 Å². The van der Waals surface area contributed by atoms with E-state index in [0.717, 1.165) is 12.1 Å². The summed E-state index contributed by atoms with van der Waals surface area (Å²) in [6.45, 7) is -0.369. The molecular formula is C11H12F3NO3. The summed E-state index contributed by atoms with van der Waals surface area (Å²) in [5.74, 6) is 0.529. The molecule has 0 saturated heterocycles. The van der Waals surface area contributed by atoms with E-state index in [4.69, 9.17) is 15.2 Å². The largest absolute Gasteiger partial charge is 0.486 e. The summed E-state index contributed by atoms with van der Waals surface area (Å²) in [5, 5.41) is 9.68. The molecule has 0 aliphatic carbocycles. The predicted octanol–water partition coefficient (Wildman–Crippen LogP) is 1.17. The number of rotatable bonds is 2. The molecule has 1 aliphatic rings. The first-order valence-corrected chi connectivity index (χ1v) is 5.28. The van der Waals surface area contributed by atoms with E-state index in [2.05, 4.69) is 0 Å². The monoisotopic (exact) mass is 263 g/mol. The standard InChI is InChI=1S/C11H12F3NO3/c12-11(13,14)10(16,6-15)7-1-2-8-9(5-7)18-4-3-17-8/h1-2,5,16H,3-4,6,15H2. The molecule has 1 atom stereocenters. The molecule has 4 nitrogen and oxygen atoms in total. The lowest BCUT2D eigenvalue weighted by atomic mass is 9.93. The van der Waals surface area contributed by atoms with Gasteiger partial charge >= 0.3 is 6.18 Å². The average Bonchev–Trinajstić information content (AvgIpc) is 2.35. The van der Waals surface area contributed by atoms with Crippen molar-refractivity contribution in [3.8, 4) is 11.5 Å². The molecule has 100 valence electrons. The summed E-state index contributed by atoms with van der Waals surface area (Å²) >= 11 is 0. The molecule has 2 rings (SSSR count). The number of halogens is 3. The molecule has 0 fully saturated rings. The normalized spacial score (nSPS) is 18.3. The Bertz CT molecular complexity index is 450. The van der Waals surface area contributed by atoms with Crippen LogP contribution in [0.2, 0.25) is 0 Å². The lowest BCUT2D eigenvalue weighted by Crippen LogP contribution is -2.48. The van der Waals surface area contributed by atoms with E-state index in [0.29, 0.717) is 12.4 Å². The highest BCUT2D eigenvalue weighted by Gasteiger charge is 2.54. The summed E-state index contributed by atoms with van der Waals surface area (Å²) in [5.41, 5.74) is 1.62. The third-order valence-electron chi connectivity index (χ3n) is 2.78. The SMILES string of the molecule is NCC(O)(c1ccc2c(c1)OCCO2)C(F)(F)F. The van der Waals surface area contributed by atoms with Crippen LogP contribution in [-0.4, -0.2) is 31.0 Å². The Morgan fingerprint density at radius 2 is 1.78 bits per heavy atom. The number of benzene rings is 1. The molecule has 1 heterocycles.